The first-order chi connectivity index (χ1) is 9.98. The van der Waals surface area contributed by atoms with Crippen molar-refractivity contribution in [3.63, 3.8) is 0 Å². The number of aromatic nitrogens is 1. The molecule has 2 nitrogen and oxygen atoms in total. The summed E-state index contributed by atoms with van der Waals surface area (Å²) >= 11 is 1.87. The molecule has 2 rings (SSSR count). The van der Waals surface area contributed by atoms with Gasteiger partial charge >= 0.3 is 0 Å². The first-order valence-corrected chi connectivity index (χ1v) is 9.57. The van der Waals surface area contributed by atoms with Crippen molar-refractivity contribution in [1.29, 1.82) is 0 Å². The first kappa shape index (κ1) is 17.0. The van der Waals surface area contributed by atoms with E-state index < -0.39 is 0 Å². The summed E-state index contributed by atoms with van der Waals surface area (Å²) in [5.74, 6) is 2.13. The lowest BCUT2D eigenvalue weighted by Crippen LogP contribution is -2.47. The van der Waals surface area contributed by atoms with Gasteiger partial charge < -0.3 is 5.32 Å². The molecule has 0 spiro atoms. The van der Waals surface area contributed by atoms with E-state index in [-0.39, 0.29) is 5.54 Å². The molecule has 1 heterocycles. The highest BCUT2D eigenvalue weighted by Crippen LogP contribution is 2.44. The zero-order valence-electron chi connectivity index (χ0n) is 14.4. The molecule has 120 valence electrons. The summed E-state index contributed by atoms with van der Waals surface area (Å²) in [5, 5.41) is 7.50. The van der Waals surface area contributed by atoms with Gasteiger partial charge in [-0.15, -0.1) is 11.3 Å². The molecule has 0 radical (unpaired) electrons. The molecule has 1 aromatic heterocycles. The van der Waals surface area contributed by atoms with E-state index in [0.29, 0.717) is 5.92 Å². The van der Waals surface area contributed by atoms with Crippen LogP contribution >= 0.6 is 11.3 Å². The standard InChI is InChI=1S/C18H32N2S/c1-6-10-19-18(9-7-8-15(11-18)13(2)3)17-20-16(12-21-17)14(4)5/h12-15,19H,6-11H2,1-5H3. The van der Waals surface area contributed by atoms with E-state index >= 15 is 0 Å². The van der Waals surface area contributed by atoms with Gasteiger partial charge in [0, 0.05) is 5.38 Å². The van der Waals surface area contributed by atoms with Crippen molar-refractivity contribution in [2.75, 3.05) is 6.54 Å². The molecule has 0 aromatic carbocycles. The van der Waals surface area contributed by atoms with Crippen LogP contribution in [-0.2, 0) is 5.54 Å². The van der Waals surface area contributed by atoms with Gasteiger partial charge in [-0.3, -0.25) is 0 Å². The molecule has 21 heavy (non-hydrogen) atoms. The lowest BCUT2D eigenvalue weighted by atomic mass is 9.72. The second-order valence-corrected chi connectivity index (χ2v) is 8.20. The maximum Gasteiger partial charge on any atom is 0.113 e. The van der Waals surface area contributed by atoms with Crippen LogP contribution in [0.3, 0.4) is 0 Å². The Kier molecular flexibility index (Phi) is 5.84. The highest BCUT2D eigenvalue weighted by atomic mass is 32.1. The molecule has 0 aliphatic heterocycles. The Morgan fingerprint density at radius 3 is 2.71 bits per heavy atom. The number of hydrogen-bond donors (Lipinski definition) is 1. The third-order valence-corrected chi connectivity index (χ3v) is 6.03. The van der Waals surface area contributed by atoms with Crippen molar-refractivity contribution in [3.8, 4) is 0 Å². The molecular formula is C18H32N2S. The van der Waals surface area contributed by atoms with Crippen LogP contribution in [0, 0.1) is 11.8 Å². The topological polar surface area (TPSA) is 24.9 Å². The summed E-state index contributed by atoms with van der Waals surface area (Å²) in [6, 6.07) is 0. The smallest absolute Gasteiger partial charge is 0.113 e. The molecule has 0 amide bonds. The minimum atomic E-state index is 0.140. The number of nitrogens with one attached hydrogen (secondary N) is 1. The number of hydrogen-bond acceptors (Lipinski definition) is 3. The van der Waals surface area contributed by atoms with E-state index in [9.17, 15) is 0 Å². The van der Waals surface area contributed by atoms with E-state index in [2.05, 4.69) is 45.3 Å². The molecule has 1 aliphatic rings. The average molecular weight is 309 g/mol. The van der Waals surface area contributed by atoms with Gasteiger partial charge in [-0.25, -0.2) is 4.98 Å². The van der Waals surface area contributed by atoms with Gasteiger partial charge in [0.2, 0.25) is 0 Å². The fraction of sp³-hybridized carbons (Fsp3) is 0.833. The van der Waals surface area contributed by atoms with Crippen LogP contribution in [0.15, 0.2) is 5.38 Å². The third kappa shape index (κ3) is 3.87. The van der Waals surface area contributed by atoms with Crippen molar-refractivity contribution in [2.24, 2.45) is 11.8 Å². The normalized spacial score (nSPS) is 26.7. The Morgan fingerprint density at radius 2 is 2.14 bits per heavy atom. The van der Waals surface area contributed by atoms with Crippen molar-refractivity contribution < 1.29 is 0 Å². The molecule has 0 bridgehead atoms. The predicted molar refractivity (Wildman–Crippen MR) is 93.0 cm³/mol. The number of rotatable bonds is 6. The van der Waals surface area contributed by atoms with Gasteiger partial charge in [0.25, 0.3) is 0 Å². The quantitative estimate of drug-likeness (QED) is 0.770. The zero-order chi connectivity index (χ0) is 15.5. The molecule has 1 aromatic rings. The van der Waals surface area contributed by atoms with Crippen LogP contribution in [0.5, 0.6) is 0 Å². The largest absolute Gasteiger partial charge is 0.305 e. The summed E-state index contributed by atoms with van der Waals surface area (Å²) in [7, 11) is 0. The SMILES string of the molecule is CCCNC1(c2nc(C(C)C)cs2)CCCC(C(C)C)C1. The van der Waals surface area contributed by atoms with Crippen molar-refractivity contribution in [3.05, 3.63) is 16.1 Å². The first-order valence-electron chi connectivity index (χ1n) is 8.69. The molecule has 3 heteroatoms. The number of thiazole rings is 1. The Labute approximate surface area is 134 Å². The summed E-state index contributed by atoms with van der Waals surface area (Å²) in [5.41, 5.74) is 1.40. The summed E-state index contributed by atoms with van der Waals surface area (Å²) in [6.07, 6.45) is 6.42. The van der Waals surface area contributed by atoms with Crippen LogP contribution < -0.4 is 5.32 Å². The van der Waals surface area contributed by atoms with E-state index in [0.717, 1.165) is 18.4 Å². The van der Waals surface area contributed by atoms with Crippen LogP contribution in [0.4, 0.5) is 0 Å². The second-order valence-electron chi connectivity index (χ2n) is 7.34. The van der Waals surface area contributed by atoms with E-state index in [1.165, 1.54) is 42.8 Å². The summed E-state index contributed by atoms with van der Waals surface area (Å²) < 4.78 is 0. The molecule has 0 saturated heterocycles. The third-order valence-electron chi connectivity index (χ3n) is 4.97. The minimum Gasteiger partial charge on any atom is -0.305 e. The Balaban J connectivity index is 2.26. The maximum atomic E-state index is 5.01. The maximum absolute atomic E-state index is 5.01. The molecule has 1 fully saturated rings. The van der Waals surface area contributed by atoms with E-state index in [1.807, 2.05) is 11.3 Å². The Hall–Kier alpha value is -0.410. The number of nitrogens with zero attached hydrogens (tertiary/aromatic N) is 1. The zero-order valence-corrected chi connectivity index (χ0v) is 15.2. The van der Waals surface area contributed by atoms with Crippen LogP contribution in [0.1, 0.15) is 83.3 Å². The van der Waals surface area contributed by atoms with Gasteiger partial charge in [-0.1, -0.05) is 47.5 Å². The lowest BCUT2D eigenvalue weighted by molar-refractivity contribution is 0.147. The highest BCUT2D eigenvalue weighted by molar-refractivity contribution is 7.09. The van der Waals surface area contributed by atoms with Crippen molar-refractivity contribution in [2.45, 2.75) is 78.2 Å². The van der Waals surface area contributed by atoms with Gasteiger partial charge in [-0.2, -0.15) is 0 Å². The summed E-state index contributed by atoms with van der Waals surface area (Å²) in [6.45, 7) is 12.6. The summed E-state index contributed by atoms with van der Waals surface area (Å²) in [4.78, 5) is 5.01. The predicted octanol–water partition coefficient (Wildman–Crippen LogP) is 5.31. The van der Waals surface area contributed by atoms with Crippen LogP contribution in [-0.4, -0.2) is 11.5 Å². The van der Waals surface area contributed by atoms with Gasteiger partial charge in [0.05, 0.1) is 11.2 Å². The Morgan fingerprint density at radius 1 is 1.38 bits per heavy atom. The molecule has 2 unspecified atom stereocenters. The van der Waals surface area contributed by atoms with E-state index in [1.54, 1.807) is 0 Å². The molecule has 1 saturated carbocycles. The van der Waals surface area contributed by atoms with Gasteiger partial charge in [-0.05, 0) is 43.6 Å². The fourth-order valence-corrected chi connectivity index (χ4v) is 4.65. The van der Waals surface area contributed by atoms with E-state index in [4.69, 9.17) is 4.98 Å². The van der Waals surface area contributed by atoms with Crippen molar-refractivity contribution >= 4 is 11.3 Å². The van der Waals surface area contributed by atoms with Crippen molar-refractivity contribution in [1.82, 2.24) is 10.3 Å². The molecule has 1 N–H and O–H groups in total. The van der Waals surface area contributed by atoms with Gasteiger partial charge in [0.15, 0.2) is 0 Å². The Bertz CT molecular complexity index is 438. The fourth-order valence-electron chi connectivity index (χ4n) is 3.45. The van der Waals surface area contributed by atoms with Crippen LogP contribution in [0.25, 0.3) is 0 Å². The average Bonchev–Trinajstić information content (AvgIpc) is 2.96. The molecule has 1 aliphatic carbocycles. The second kappa shape index (κ2) is 7.23. The molecular weight excluding hydrogens is 276 g/mol. The van der Waals surface area contributed by atoms with Gasteiger partial charge in [0.1, 0.15) is 5.01 Å². The highest BCUT2D eigenvalue weighted by Gasteiger charge is 2.40. The lowest BCUT2D eigenvalue weighted by Gasteiger charge is -2.42. The minimum absolute atomic E-state index is 0.140. The van der Waals surface area contributed by atoms with Crippen LogP contribution in [0.2, 0.25) is 0 Å². The molecule has 2 atom stereocenters. The monoisotopic (exact) mass is 308 g/mol.